The van der Waals surface area contributed by atoms with Crippen LogP contribution in [0.1, 0.15) is 56.9 Å². The molecule has 4 nitrogen and oxygen atoms in total. The van der Waals surface area contributed by atoms with Crippen LogP contribution >= 0.6 is 11.6 Å². The minimum absolute atomic E-state index is 0.0340. The molecule has 0 spiro atoms. The Morgan fingerprint density at radius 3 is 2.25 bits per heavy atom. The smallest absolute Gasteiger partial charge is 0.311 e. The van der Waals surface area contributed by atoms with Crippen molar-refractivity contribution in [2.75, 3.05) is 7.11 Å². The SMILES string of the molecule is COC(=O)C12CC3C[C@H](C1)C(NC(=O)C1(c4ccc(Cl)cc4)CCC1)[C@@H](C3)C2. The molecule has 0 radical (unpaired) electrons. The van der Waals surface area contributed by atoms with E-state index in [2.05, 4.69) is 5.32 Å². The van der Waals surface area contributed by atoms with E-state index in [9.17, 15) is 9.59 Å². The summed E-state index contributed by atoms with van der Waals surface area (Å²) in [7, 11) is 1.51. The van der Waals surface area contributed by atoms with Crippen LogP contribution in [0.25, 0.3) is 0 Å². The highest BCUT2D eigenvalue weighted by molar-refractivity contribution is 6.30. The maximum atomic E-state index is 13.5. The van der Waals surface area contributed by atoms with Crippen molar-refractivity contribution in [1.29, 1.82) is 0 Å². The molecule has 1 aromatic rings. The van der Waals surface area contributed by atoms with Crippen molar-refractivity contribution >= 4 is 23.5 Å². The lowest BCUT2D eigenvalue weighted by molar-refractivity contribution is -0.171. The lowest BCUT2D eigenvalue weighted by Gasteiger charge is -2.59. The summed E-state index contributed by atoms with van der Waals surface area (Å²) in [5.41, 5.74) is 0.381. The number of halogens is 1. The van der Waals surface area contributed by atoms with E-state index in [1.807, 2.05) is 24.3 Å². The van der Waals surface area contributed by atoms with Crippen LogP contribution in [0.2, 0.25) is 5.02 Å². The molecule has 5 aliphatic rings. The fourth-order valence-corrected chi connectivity index (χ4v) is 7.09. The zero-order valence-electron chi connectivity index (χ0n) is 16.4. The summed E-state index contributed by atoms with van der Waals surface area (Å²) in [6.45, 7) is 0. The number of amides is 1. The lowest BCUT2D eigenvalue weighted by atomic mass is 9.47. The van der Waals surface area contributed by atoms with Gasteiger partial charge in [0.05, 0.1) is 17.9 Å². The number of carbonyl (C=O) groups excluding carboxylic acids is 2. The van der Waals surface area contributed by atoms with Crippen molar-refractivity contribution in [3.8, 4) is 0 Å². The van der Waals surface area contributed by atoms with Crippen molar-refractivity contribution in [3.05, 3.63) is 34.9 Å². The second-order valence-electron chi connectivity index (χ2n) is 9.68. The van der Waals surface area contributed by atoms with Crippen LogP contribution in [-0.2, 0) is 19.7 Å². The van der Waals surface area contributed by atoms with E-state index in [4.69, 9.17) is 16.3 Å². The molecule has 5 atom stereocenters. The number of esters is 1. The standard InChI is InChI=1S/C23H28ClNO3/c1-28-21(27)22-11-14-9-15(12-22)19(16(10-14)13-22)25-20(26)23(7-2-8-23)17-3-5-18(24)6-4-17/h3-6,14-16,19H,2,7-13H2,1H3,(H,25,26)/t14?,15-,16+,19?,22?. The Morgan fingerprint density at radius 2 is 1.71 bits per heavy atom. The van der Waals surface area contributed by atoms with Crippen LogP contribution in [0, 0.1) is 23.2 Å². The summed E-state index contributed by atoms with van der Waals surface area (Å²) in [5.74, 6) is 1.55. The van der Waals surface area contributed by atoms with E-state index < -0.39 is 5.41 Å². The summed E-state index contributed by atoms with van der Waals surface area (Å²) >= 11 is 6.05. The highest BCUT2D eigenvalue weighted by atomic mass is 35.5. The molecule has 0 saturated heterocycles. The minimum Gasteiger partial charge on any atom is -0.469 e. The molecule has 5 fully saturated rings. The summed E-state index contributed by atoms with van der Waals surface area (Å²) < 4.78 is 5.16. The van der Waals surface area contributed by atoms with Crippen LogP contribution in [-0.4, -0.2) is 25.0 Å². The number of carbonyl (C=O) groups is 2. The number of benzene rings is 1. The van der Waals surface area contributed by atoms with Gasteiger partial charge in [-0.2, -0.15) is 0 Å². The second kappa shape index (κ2) is 6.48. The van der Waals surface area contributed by atoms with Crippen LogP contribution < -0.4 is 5.32 Å². The number of methoxy groups -OCH3 is 1. The number of ether oxygens (including phenoxy) is 1. The predicted molar refractivity (Wildman–Crippen MR) is 107 cm³/mol. The van der Waals surface area contributed by atoms with Gasteiger partial charge in [-0.05, 0) is 80.4 Å². The Bertz CT molecular complexity index is 785. The van der Waals surface area contributed by atoms with Gasteiger partial charge in [0.2, 0.25) is 5.91 Å². The Morgan fingerprint density at radius 1 is 1.07 bits per heavy atom. The van der Waals surface area contributed by atoms with E-state index in [1.54, 1.807) is 0 Å². The van der Waals surface area contributed by atoms with Crippen LogP contribution in [0.3, 0.4) is 0 Å². The summed E-state index contributed by atoms with van der Waals surface area (Å²) in [6, 6.07) is 7.97. The topological polar surface area (TPSA) is 55.4 Å². The van der Waals surface area contributed by atoms with E-state index in [1.165, 1.54) is 7.11 Å². The molecule has 0 aromatic heterocycles. The first-order valence-electron chi connectivity index (χ1n) is 10.6. The Kier molecular flexibility index (Phi) is 4.28. The summed E-state index contributed by atoms with van der Waals surface area (Å²) in [5, 5.41) is 4.17. The molecule has 5 heteroatoms. The summed E-state index contributed by atoms with van der Waals surface area (Å²) in [6.07, 6.45) is 7.86. The first-order chi connectivity index (χ1) is 13.5. The molecule has 0 heterocycles. The Labute approximate surface area is 171 Å². The number of hydrogen-bond acceptors (Lipinski definition) is 3. The molecule has 0 aliphatic heterocycles. The van der Waals surface area contributed by atoms with Gasteiger partial charge in [0.1, 0.15) is 0 Å². The second-order valence-corrected chi connectivity index (χ2v) is 10.1. The van der Waals surface area contributed by atoms with Crippen LogP contribution in [0.5, 0.6) is 0 Å². The first-order valence-corrected chi connectivity index (χ1v) is 11.0. The van der Waals surface area contributed by atoms with E-state index in [0.717, 1.165) is 56.9 Å². The quantitative estimate of drug-likeness (QED) is 0.767. The molecule has 1 amide bonds. The fourth-order valence-electron chi connectivity index (χ4n) is 6.96. The van der Waals surface area contributed by atoms with Crippen molar-refractivity contribution in [2.45, 2.75) is 62.8 Å². The Hall–Kier alpha value is -1.55. The van der Waals surface area contributed by atoms with Crippen LogP contribution in [0.4, 0.5) is 0 Å². The van der Waals surface area contributed by atoms with Crippen molar-refractivity contribution in [1.82, 2.24) is 5.32 Å². The molecule has 5 aliphatic carbocycles. The maximum absolute atomic E-state index is 13.5. The van der Waals surface area contributed by atoms with Gasteiger partial charge >= 0.3 is 5.97 Å². The normalized spacial score (nSPS) is 37.2. The van der Waals surface area contributed by atoms with Gasteiger partial charge in [0.15, 0.2) is 0 Å². The molecule has 1 N–H and O–H groups in total. The highest BCUT2D eigenvalue weighted by Crippen LogP contribution is 2.60. The lowest BCUT2D eigenvalue weighted by Crippen LogP contribution is -2.63. The molecule has 3 unspecified atom stereocenters. The number of rotatable bonds is 4. The molecule has 4 bridgehead atoms. The molecule has 28 heavy (non-hydrogen) atoms. The monoisotopic (exact) mass is 401 g/mol. The highest BCUT2D eigenvalue weighted by Gasteiger charge is 2.60. The maximum Gasteiger partial charge on any atom is 0.311 e. The number of hydrogen-bond donors (Lipinski definition) is 1. The Balaban J connectivity index is 1.36. The van der Waals surface area contributed by atoms with Crippen molar-refractivity contribution < 1.29 is 14.3 Å². The third-order valence-electron chi connectivity index (χ3n) is 8.23. The van der Waals surface area contributed by atoms with Crippen molar-refractivity contribution in [2.24, 2.45) is 23.2 Å². The molecular formula is C23H28ClNO3. The van der Waals surface area contributed by atoms with E-state index >= 15 is 0 Å². The van der Waals surface area contributed by atoms with Crippen LogP contribution in [0.15, 0.2) is 24.3 Å². The van der Waals surface area contributed by atoms with Crippen molar-refractivity contribution in [3.63, 3.8) is 0 Å². The minimum atomic E-state index is -0.403. The van der Waals surface area contributed by atoms with Gasteiger partial charge in [-0.1, -0.05) is 30.2 Å². The first kappa shape index (κ1) is 18.5. The van der Waals surface area contributed by atoms with Gasteiger partial charge < -0.3 is 10.1 Å². The summed E-state index contributed by atoms with van der Waals surface area (Å²) in [4.78, 5) is 26.0. The zero-order valence-corrected chi connectivity index (χ0v) is 17.1. The molecule has 6 rings (SSSR count). The predicted octanol–water partition coefficient (Wildman–Crippen LogP) is 4.25. The third kappa shape index (κ3) is 2.63. The average Bonchev–Trinajstić information content (AvgIpc) is 2.64. The molecule has 150 valence electrons. The molecule has 1 aromatic carbocycles. The van der Waals surface area contributed by atoms with E-state index in [0.29, 0.717) is 22.8 Å². The third-order valence-corrected chi connectivity index (χ3v) is 8.48. The largest absolute Gasteiger partial charge is 0.469 e. The van der Waals surface area contributed by atoms with Gasteiger partial charge in [-0.25, -0.2) is 0 Å². The number of nitrogens with one attached hydrogen (secondary N) is 1. The average molecular weight is 402 g/mol. The molecule has 5 saturated carbocycles. The van der Waals surface area contributed by atoms with E-state index in [-0.39, 0.29) is 23.3 Å². The zero-order chi connectivity index (χ0) is 19.5. The molecular weight excluding hydrogens is 374 g/mol. The van der Waals surface area contributed by atoms with Gasteiger partial charge in [-0.3, -0.25) is 9.59 Å². The van der Waals surface area contributed by atoms with Gasteiger partial charge in [0, 0.05) is 11.1 Å². The van der Waals surface area contributed by atoms with Gasteiger partial charge in [-0.15, -0.1) is 0 Å². The van der Waals surface area contributed by atoms with Gasteiger partial charge in [0.25, 0.3) is 0 Å². The fraction of sp³-hybridized carbons (Fsp3) is 0.652.